The fourth-order valence-corrected chi connectivity index (χ4v) is 2.86. The highest BCUT2D eigenvalue weighted by atomic mass is 79.9. The first-order valence-corrected chi connectivity index (χ1v) is 8.79. The third-order valence-corrected chi connectivity index (χ3v) is 4.43. The molecule has 1 amide bonds. The maximum atomic E-state index is 12.2. The molecule has 3 N–H and O–H groups in total. The summed E-state index contributed by atoms with van der Waals surface area (Å²) in [6.45, 7) is 3.91. The molecule has 4 nitrogen and oxygen atoms in total. The first kappa shape index (κ1) is 18.4. The molecule has 0 aliphatic heterocycles. The van der Waals surface area contributed by atoms with Gasteiger partial charge in [-0.3, -0.25) is 9.59 Å². The predicted octanol–water partition coefficient (Wildman–Crippen LogP) is 3.30. The van der Waals surface area contributed by atoms with Gasteiger partial charge in [-0.05, 0) is 31.2 Å². The summed E-state index contributed by atoms with van der Waals surface area (Å²) in [5.74, 6) is -0.171. The van der Waals surface area contributed by atoms with Crippen LogP contribution in [0.3, 0.4) is 0 Å². The van der Waals surface area contributed by atoms with E-state index in [2.05, 4.69) is 40.3 Å². The van der Waals surface area contributed by atoms with Gasteiger partial charge in [0.2, 0.25) is 0 Å². The molecule has 0 spiro atoms. The van der Waals surface area contributed by atoms with E-state index < -0.39 is 0 Å². The van der Waals surface area contributed by atoms with Crippen molar-refractivity contribution >= 4 is 33.3 Å². The van der Waals surface area contributed by atoms with Crippen LogP contribution in [0.1, 0.15) is 42.2 Å². The molecule has 0 aromatic heterocycles. The molecule has 0 saturated heterocycles. The zero-order valence-corrected chi connectivity index (χ0v) is 15.5. The molecule has 0 radical (unpaired) electrons. The number of ketones is 1. The number of carbonyl (C=O) groups is 2. The Morgan fingerprint density at radius 1 is 1.12 bits per heavy atom. The van der Waals surface area contributed by atoms with Gasteiger partial charge in [0, 0.05) is 22.0 Å². The Hall–Kier alpha value is -1.98. The zero-order valence-electron chi connectivity index (χ0n) is 13.9. The normalized spacial score (nSPS) is 11.8. The van der Waals surface area contributed by atoms with Crippen LogP contribution < -0.4 is 10.6 Å². The number of Topliss-reactive ketones (excluding diaryl/α,β-unsaturated/α-hetero) is 1. The van der Waals surface area contributed by atoms with Crippen molar-refractivity contribution < 1.29 is 14.9 Å². The summed E-state index contributed by atoms with van der Waals surface area (Å²) in [5, 5.41) is 4.86. The van der Waals surface area contributed by atoms with E-state index in [4.69, 9.17) is 0 Å². The maximum Gasteiger partial charge on any atom is 0.279 e. The minimum Gasteiger partial charge on any atom is -0.332 e. The monoisotopic (exact) mass is 389 g/mol. The maximum absolute atomic E-state index is 12.2. The van der Waals surface area contributed by atoms with E-state index in [1.165, 1.54) is 12.5 Å². The lowest BCUT2D eigenvalue weighted by Gasteiger charge is -2.15. The van der Waals surface area contributed by atoms with Gasteiger partial charge in [-0.1, -0.05) is 47.1 Å². The number of carbonyl (C=O) groups excluding carboxylic acids is 2. The summed E-state index contributed by atoms with van der Waals surface area (Å²) < 4.78 is 1.04. The number of benzene rings is 2. The van der Waals surface area contributed by atoms with Crippen molar-refractivity contribution in [3.05, 3.63) is 64.1 Å². The molecule has 0 aliphatic rings. The molecule has 0 fully saturated rings. The first-order chi connectivity index (χ1) is 11.5. The van der Waals surface area contributed by atoms with Crippen molar-refractivity contribution in [3.63, 3.8) is 0 Å². The van der Waals surface area contributed by atoms with Crippen LogP contribution in [0.15, 0.2) is 53.0 Å². The quantitative estimate of drug-likeness (QED) is 0.713. The van der Waals surface area contributed by atoms with Crippen molar-refractivity contribution in [2.75, 3.05) is 11.9 Å². The Kier molecular flexibility index (Phi) is 6.70. The van der Waals surface area contributed by atoms with Crippen LogP contribution in [0.25, 0.3) is 0 Å². The smallest absolute Gasteiger partial charge is 0.279 e. The Bertz CT molecular complexity index is 714. The molecule has 0 bridgehead atoms. The van der Waals surface area contributed by atoms with E-state index in [0.717, 1.165) is 10.9 Å². The fourth-order valence-electron chi connectivity index (χ4n) is 2.60. The second-order valence-electron chi connectivity index (χ2n) is 5.66. The highest BCUT2D eigenvalue weighted by molar-refractivity contribution is 9.10. The predicted molar refractivity (Wildman–Crippen MR) is 99.0 cm³/mol. The lowest BCUT2D eigenvalue weighted by molar-refractivity contribution is -0.686. The van der Waals surface area contributed by atoms with E-state index in [0.29, 0.717) is 17.8 Å². The van der Waals surface area contributed by atoms with Crippen LogP contribution in [-0.2, 0) is 4.79 Å². The number of quaternary nitrogens is 1. The number of nitrogens with two attached hydrogens (primary N) is 1. The second kappa shape index (κ2) is 8.76. The Morgan fingerprint density at radius 2 is 1.79 bits per heavy atom. The van der Waals surface area contributed by atoms with Crippen molar-refractivity contribution in [2.24, 2.45) is 0 Å². The average molecular weight is 390 g/mol. The second-order valence-corrected chi connectivity index (χ2v) is 6.57. The number of amides is 1. The van der Waals surface area contributed by atoms with Gasteiger partial charge in [-0.15, -0.1) is 0 Å². The van der Waals surface area contributed by atoms with E-state index in [1.54, 1.807) is 18.2 Å². The minimum absolute atomic E-state index is 0.0591. The molecule has 5 heteroatoms. The third-order valence-electron chi connectivity index (χ3n) is 3.91. The van der Waals surface area contributed by atoms with Crippen LogP contribution >= 0.6 is 15.9 Å². The molecule has 0 saturated carbocycles. The van der Waals surface area contributed by atoms with Crippen molar-refractivity contribution in [1.82, 2.24) is 0 Å². The van der Waals surface area contributed by atoms with Crippen molar-refractivity contribution in [1.29, 1.82) is 0 Å². The number of para-hydroxylation sites is 1. The lowest BCUT2D eigenvalue weighted by Crippen LogP contribution is -2.87. The molecule has 2 aromatic rings. The number of nitrogens with one attached hydrogen (secondary N) is 1. The van der Waals surface area contributed by atoms with Crippen LogP contribution in [0, 0.1) is 0 Å². The largest absolute Gasteiger partial charge is 0.332 e. The fraction of sp³-hybridized carbons (Fsp3) is 0.263. The number of rotatable bonds is 7. The molecule has 2 rings (SSSR count). The molecule has 126 valence electrons. The van der Waals surface area contributed by atoms with Gasteiger partial charge in [0.25, 0.3) is 5.91 Å². The van der Waals surface area contributed by atoms with Gasteiger partial charge in [0.1, 0.15) is 6.04 Å². The Morgan fingerprint density at radius 3 is 2.42 bits per heavy atom. The molecular weight excluding hydrogens is 368 g/mol. The SMILES string of the molecule is CC[C@H]([NH2+]CC(=O)Nc1ccccc1C(C)=O)c1ccc(Br)cc1. The van der Waals surface area contributed by atoms with Gasteiger partial charge in [-0.2, -0.15) is 0 Å². The Balaban J connectivity index is 1.97. The summed E-state index contributed by atoms with van der Waals surface area (Å²) in [6.07, 6.45) is 0.930. The van der Waals surface area contributed by atoms with E-state index >= 15 is 0 Å². The van der Waals surface area contributed by atoms with Crippen LogP contribution in [-0.4, -0.2) is 18.2 Å². The molecule has 0 unspecified atom stereocenters. The molecular formula is C19H22BrN2O2+. The summed E-state index contributed by atoms with van der Waals surface area (Å²) in [4.78, 5) is 23.8. The van der Waals surface area contributed by atoms with Crippen LogP contribution in [0.2, 0.25) is 0 Å². The lowest BCUT2D eigenvalue weighted by atomic mass is 10.0. The van der Waals surface area contributed by atoms with E-state index in [-0.39, 0.29) is 17.7 Å². The van der Waals surface area contributed by atoms with Gasteiger partial charge in [-0.25, -0.2) is 0 Å². The molecule has 0 aliphatic carbocycles. The standard InChI is InChI=1S/C19H21BrN2O2/c1-3-17(14-8-10-15(20)11-9-14)21-12-19(24)22-18-7-5-4-6-16(18)13(2)23/h4-11,17,21H,3,12H2,1-2H3,(H,22,24)/p+1/t17-/m0/s1. The van der Waals surface area contributed by atoms with Gasteiger partial charge in [0.15, 0.2) is 12.3 Å². The number of hydrogen-bond acceptors (Lipinski definition) is 2. The average Bonchev–Trinajstić information content (AvgIpc) is 2.57. The first-order valence-electron chi connectivity index (χ1n) is 8.00. The zero-order chi connectivity index (χ0) is 17.5. The van der Waals surface area contributed by atoms with E-state index in [1.807, 2.05) is 23.5 Å². The third kappa shape index (κ3) is 5.01. The highest BCUT2D eigenvalue weighted by Gasteiger charge is 2.16. The molecule has 2 aromatic carbocycles. The number of hydrogen-bond donors (Lipinski definition) is 2. The van der Waals surface area contributed by atoms with Gasteiger partial charge >= 0.3 is 0 Å². The molecule has 1 atom stereocenters. The molecule has 24 heavy (non-hydrogen) atoms. The van der Waals surface area contributed by atoms with Crippen LogP contribution in [0.4, 0.5) is 5.69 Å². The van der Waals surface area contributed by atoms with Gasteiger partial charge in [0.05, 0.1) is 5.69 Å². The summed E-state index contributed by atoms with van der Waals surface area (Å²) in [5.41, 5.74) is 2.29. The molecule has 0 heterocycles. The van der Waals surface area contributed by atoms with Crippen molar-refractivity contribution in [3.8, 4) is 0 Å². The number of halogens is 1. The topological polar surface area (TPSA) is 62.8 Å². The van der Waals surface area contributed by atoms with Gasteiger partial charge < -0.3 is 10.6 Å². The summed E-state index contributed by atoms with van der Waals surface area (Å²) >= 11 is 3.43. The number of anilines is 1. The van der Waals surface area contributed by atoms with E-state index in [9.17, 15) is 9.59 Å². The van der Waals surface area contributed by atoms with Crippen molar-refractivity contribution in [2.45, 2.75) is 26.3 Å². The minimum atomic E-state index is -0.112. The Labute approximate surface area is 150 Å². The summed E-state index contributed by atoms with van der Waals surface area (Å²) in [7, 11) is 0. The van der Waals surface area contributed by atoms with Crippen LogP contribution in [0.5, 0.6) is 0 Å². The summed E-state index contributed by atoms with van der Waals surface area (Å²) in [6, 6.07) is 15.5. The highest BCUT2D eigenvalue weighted by Crippen LogP contribution is 2.17.